The molecule has 0 fully saturated rings. The number of nitrogens with one attached hydrogen (secondary N) is 1. The Morgan fingerprint density at radius 1 is 1.53 bits per heavy atom. The van der Waals surface area contributed by atoms with E-state index in [4.69, 9.17) is 11.6 Å². The normalized spacial score (nSPS) is 10.7. The zero-order chi connectivity index (χ0) is 12.4. The van der Waals surface area contributed by atoms with Gasteiger partial charge in [-0.15, -0.1) is 0 Å². The van der Waals surface area contributed by atoms with Crippen LogP contribution in [0.2, 0.25) is 5.02 Å². The van der Waals surface area contributed by atoms with Crippen LogP contribution in [0.25, 0.3) is 10.1 Å². The Kier molecular flexibility index (Phi) is 3.49. The van der Waals surface area contributed by atoms with Gasteiger partial charge < -0.3 is 5.32 Å². The lowest BCUT2D eigenvalue weighted by molar-refractivity contribution is 0.244. The van der Waals surface area contributed by atoms with E-state index >= 15 is 0 Å². The summed E-state index contributed by atoms with van der Waals surface area (Å²) in [6.07, 6.45) is 0.831. The van der Waals surface area contributed by atoms with Crippen LogP contribution in [-0.2, 0) is 0 Å². The smallest absolute Gasteiger partial charge is 0.337 e. The summed E-state index contributed by atoms with van der Waals surface area (Å²) in [7, 11) is 0. The van der Waals surface area contributed by atoms with Gasteiger partial charge in [0, 0.05) is 11.6 Å². The van der Waals surface area contributed by atoms with Crippen LogP contribution in [0.4, 0.5) is 4.79 Å². The molecule has 0 saturated heterocycles. The molecule has 17 heavy (non-hydrogen) atoms. The van der Waals surface area contributed by atoms with Gasteiger partial charge in [-0.25, -0.2) is 4.79 Å². The van der Waals surface area contributed by atoms with E-state index in [1.807, 2.05) is 6.92 Å². The Morgan fingerprint density at radius 3 is 3.00 bits per heavy atom. The summed E-state index contributed by atoms with van der Waals surface area (Å²) in [5.74, 6) is 0. The maximum absolute atomic E-state index is 11.9. The molecule has 6 heteroatoms. The molecule has 0 atom stereocenters. The second kappa shape index (κ2) is 4.89. The maximum atomic E-state index is 11.9. The number of fused-ring (bicyclic) bond motifs is 1. The van der Waals surface area contributed by atoms with E-state index in [0.717, 1.165) is 21.9 Å². The highest BCUT2D eigenvalue weighted by Crippen LogP contribution is 2.20. The van der Waals surface area contributed by atoms with Gasteiger partial charge in [0.2, 0.25) is 0 Å². The summed E-state index contributed by atoms with van der Waals surface area (Å²) in [4.78, 5) is 23.6. The highest BCUT2D eigenvalue weighted by molar-refractivity contribution is 7.14. The van der Waals surface area contributed by atoms with Gasteiger partial charge in [0.05, 0.1) is 10.1 Å². The molecule has 0 aliphatic heterocycles. The SMILES string of the molecule is CCCNC(=O)n1sc2cc(Cl)ccc2c1=O. The van der Waals surface area contributed by atoms with Crippen LogP contribution in [0.3, 0.4) is 0 Å². The minimum absolute atomic E-state index is 0.296. The predicted octanol–water partition coefficient (Wildman–Crippen LogP) is 2.68. The Labute approximate surface area is 107 Å². The van der Waals surface area contributed by atoms with Gasteiger partial charge in [-0.3, -0.25) is 4.79 Å². The third-order valence-electron chi connectivity index (χ3n) is 2.26. The fourth-order valence-electron chi connectivity index (χ4n) is 1.44. The lowest BCUT2D eigenvalue weighted by Gasteiger charge is -2.00. The molecule has 1 heterocycles. The molecule has 1 N–H and O–H groups in total. The Hall–Kier alpha value is -1.33. The van der Waals surface area contributed by atoms with Crippen LogP contribution in [0, 0.1) is 0 Å². The molecule has 1 amide bonds. The highest BCUT2D eigenvalue weighted by atomic mass is 35.5. The van der Waals surface area contributed by atoms with Crippen LogP contribution in [-0.4, -0.2) is 16.5 Å². The van der Waals surface area contributed by atoms with E-state index in [-0.39, 0.29) is 11.6 Å². The molecular weight excluding hydrogens is 260 g/mol. The second-order valence-electron chi connectivity index (χ2n) is 3.56. The fraction of sp³-hybridized carbons (Fsp3) is 0.273. The van der Waals surface area contributed by atoms with Crippen molar-refractivity contribution in [2.45, 2.75) is 13.3 Å². The molecule has 0 radical (unpaired) electrons. The zero-order valence-corrected chi connectivity index (χ0v) is 10.8. The van der Waals surface area contributed by atoms with Gasteiger partial charge in [0.15, 0.2) is 0 Å². The standard InChI is InChI=1S/C11H11ClN2O2S/c1-2-5-13-11(16)14-10(15)8-4-3-7(12)6-9(8)17-14/h3-4,6H,2,5H2,1H3,(H,13,16). The van der Waals surface area contributed by atoms with E-state index in [9.17, 15) is 9.59 Å². The molecule has 0 unspecified atom stereocenters. The molecule has 4 nitrogen and oxygen atoms in total. The minimum Gasteiger partial charge on any atom is -0.337 e. The van der Waals surface area contributed by atoms with Gasteiger partial charge in [-0.05, 0) is 36.2 Å². The number of rotatable bonds is 2. The molecule has 1 aromatic heterocycles. The van der Waals surface area contributed by atoms with Crippen LogP contribution in [0.1, 0.15) is 13.3 Å². The molecule has 0 bridgehead atoms. The van der Waals surface area contributed by atoms with Crippen molar-refractivity contribution in [3.63, 3.8) is 0 Å². The average Bonchev–Trinajstić information content (AvgIpc) is 2.63. The van der Waals surface area contributed by atoms with Crippen LogP contribution < -0.4 is 10.9 Å². The van der Waals surface area contributed by atoms with Crippen LogP contribution in [0.5, 0.6) is 0 Å². The molecule has 0 saturated carbocycles. The number of hydrogen-bond donors (Lipinski definition) is 1. The number of carbonyl (C=O) groups excluding carboxylic acids is 1. The Morgan fingerprint density at radius 2 is 2.29 bits per heavy atom. The quantitative estimate of drug-likeness (QED) is 0.912. The fourth-order valence-corrected chi connectivity index (χ4v) is 2.63. The lowest BCUT2D eigenvalue weighted by Crippen LogP contribution is -2.33. The zero-order valence-electron chi connectivity index (χ0n) is 9.20. The molecule has 90 valence electrons. The van der Waals surface area contributed by atoms with E-state index in [0.29, 0.717) is 21.7 Å². The first-order chi connectivity index (χ1) is 8.13. The third kappa shape index (κ3) is 2.35. The minimum atomic E-state index is -0.380. The van der Waals surface area contributed by atoms with E-state index in [2.05, 4.69) is 5.32 Å². The topological polar surface area (TPSA) is 51.1 Å². The Balaban J connectivity index is 2.45. The number of amides is 1. The molecule has 2 rings (SSSR count). The average molecular weight is 271 g/mol. The largest absolute Gasteiger partial charge is 0.338 e. The van der Waals surface area contributed by atoms with Crippen LogP contribution >= 0.6 is 23.1 Å². The summed E-state index contributed by atoms with van der Waals surface area (Å²) >= 11 is 6.94. The number of benzene rings is 1. The summed E-state index contributed by atoms with van der Waals surface area (Å²) in [6, 6.07) is 4.59. The number of aromatic nitrogens is 1. The summed E-state index contributed by atoms with van der Waals surface area (Å²) in [6.45, 7) is 2.51. The lowest BCUT2D eigenvalue weighted by atomic mass is 10.3. The Bertz CT molecular complexity index is 617. The van der Waals surface area contributed by atoms with Crippen LogP contribution in [0.15, 0.2) is 23.0 Å². The number of nitrogens with zero attached hydrogens (tertiary/aromatic N) is 1. The molecule has 0 aliphatic carbocycles. The highest BCUT2D eigenvalue weighted by Gasteiger charge is 2.13. The molecule has 1 aromatic carbocycles. The van der Waals surface area contributed by atoms with Crippen molar-refractivity contribution in [2.75, 3.05) is 6.54 Å². The van der Waals surface area contributed by atoms with E-state index in [1.54, 1.807) is 18.2 Å². The monoisotopic (exact) mass is 270 g/mol. The van der Waals surface area contributed by atoms with Gasteiger partial charge in [-0.1, -0.05) is 18.5 Å². The van der Waals surface area contributed by atoms with Crippen molar-refractivity contribution < 1.29 is 4.79 Å². The summed E-state index contributed by atoms with van der Waals surface area (Å²) in [5, 5.41) is 3.74. The second-order valence-corrected chi connectivity index (χ2v) is 4.99. The van der Waals surface area contributed by atoms with Gasteiger partial charge in [0.25, 0.3) is 5.56 Å². The summed E-state index contributed by atoms with van der Waals surface area (Å²) in [5.41, 5.74) is -0.296. The molecular formula is C11H11ClN2O2S. The first-order valence-electron chi connectivity index (χ1n) is 5.23. The first-order valence-corrected chi connectivity index (χ1v) is 6.38. The van der Waals surface area contributed by atoms with Crippen molar-refractivity contribution in [3.8, 4) is 0 Å². The van der Waals surface area contributed by atoms with Crippen molar-refractivity contribution in [2.24, 2.45) is 0 Å². The molecule has 0 spiro atoms. The first kappa shape index (κ1) is 12.1. The number of halogens is 1. The third-order valence-corrected chi connectivity index (χ3v) is 3.54. The van der Waals surface area contributed by atoms with Gasteiger partial charge in [0.1, 0.15) is 0 Å². The van der Waals surface area contributed by atoms with E-state index < -0.39 is 0 Å². The van der Waals surface area contributed by atoms with Crippen molar-refractivity contribution in [1.29, 1.82) is 0 Å². The molecule has 0 aliphatic rings. The number of carbonyl (C=O) groups is 1. The summed E-state index contributed by atoms with van der Waals surface area (Å²) < 4.78 is 1.84. The van der Waals surface area contributed by atoms with E-state index in [1.165, 1.54) is 0 Å². The predicted molar refractivity (Wildman–Crippen MR) is 70.2 cm³/mol. The van der Waals surface area contributed by atoms with Crippen molar-refractivity contribution in [3.05, 3.63) is 33.6 Å². The maximum Gasteiger partial charge on any atom is 0.338 e. The van der Waals surface area contributed by atoms with Crippen molar-refractivity contribution >= 4 is 39.3 Å². The van der Waals surface area contributed by atoms with Gasteiger partial charge in [-0.2, -0.15) is 3.96 Å². The van der Waals surface area contributed by atoms with Crippen molar-refractivity contribution in [1.82, 2.24) is 9.27 Å². The molecule has 2 aromatic rings. The number of hydrogen-bond acceptors (Lipinski definition) is 3. The van der Waals surface area contributed by atoms with Gasteiger partial charge >= 0.3 is 6.03 Å².